The van der Waals surface area contributed by atoms with Gasteiger partial charge in [0.15, 0.2) is 0 Å². The Hall–Kier alpha value is -1.19. The highest BCUT2D eigenvalue weighted by atomic mass is 79.9. The zero-order valence-electron chi connectivity index (χ0n) is 10.2. The van der Waals surface area contributed by atoms with E-state index in [4.69, 9.17) is 16.3 Å². The summed E-state index contributed by atoms with van der Waals surface area (Å²) in [6, 6.07) is 12.2. The number of halogens is 2. The van der Waals surface area contributed by atoms with E-state index in [1.165, 1.54) is 11.1 Å². The molecule has 0 saturated heterocycles. The first-order valence-corrected chi connectivity index (χ1v) is 7.33. The van der Waals surface area contributed by atoms with Crippen molar-refractivity contribution in [2.75, 3.05) is 11.9 Å². The molecule has 98 valence electrons. The molecule has 19 heavy (non-hydrogen) atoms. The van der Waals surface area contributed by atoms with Gasteiger partial charge in [-0.25, -0.2) is 0 Å². The maximum absolute atomic E-state index is 6.07. The summed E-state index contributed by atoms with van der Waals surface area (Å²) in [6.45, 7) is 1.58. The number of anilines is 1. The standard InChI is InChI=1S/C15H13BrClNO/c16-13-3-2-12(8-14(13)17)18-9-10-1-4-15-11(7-10)5-6-19-15/h1-4,7-8,18H,5-6,9H2. The molecule has 0 spiro atoms. The molecule has 0 unspecified atom stereocenters. The number of hydrogen-bond acceptors (Lipinski definition) is 2. The van der Waals surface area contributed by atoms with Crippen molar-refractivity contribution in [2.45, 2.75) is 13.0 Å². The zero-order valence-corrected chi connectivity index (χ0v) is 12.6. The van der Waals surface area contributed by atoms with Crippen LogP contribution in [0.15, 0.2) is 40.9 Å². The Balaban J connectivity index is 1.70. The lowest BCUT2D eigenvalue weighted by molar-refractivity contribution is 0.357. The summed E-state index contributed by atoms with van der Waals surface area (Å²) in [5.74, 6) is 1.02. The smallest absolute Gasteiger partial charge is 0.122 e. The number of fused-ring (bicyclic) bond motifs is 1. The topological polar surface area (TPSA) is 21.3 Å². The normalized spacial score (nSPS) is 12.9. The minimum Gasteiger partial charge on any atom is -0.493 e. The van der Waals surface area contributed by atoms with Crippen molar-refractivity contribution < 1.29 is 4.74 Å². The molecule has 1 heterocycles. The predicted octanol–water partition coefficient (Wildman–Crippen LogP) is 4.65. The van der Waals surface area contributed by atoms with Crippen LogP contribution in [-0.2, 0) is 13.0 Å². The first-order valence-electron chi connectivity index (χ1n) is 6.16. The van der Waals surface area contributed by atoms with Crippen molar-refractivity contribution in [1.29, 1.82) is 0 Å². The van der Waals surface area contributed by atoms with Gasteiger partial charge in [-0.05, 0) is 51.3 Å². The average Bonchev–Trinajstić information content (AvgIpc) is 2.87. The predicted molar refractivity (Wildman–Crippen MR) is 82.1 cm³/mol. The molecular formula is C15H13BrClNO. The van der Waals surface area contributed by atoms with Crippen LogP contribution in [0.3, 0.4) is 0 Å². The Morgan fingerprint density at radius 3 is 2.95 bits per heavy atom. The molecule has 1 N–H and O–H groups in total. The van der Waals surface area contributed by atoms with E-state index in [1.54, 1.807) is 0 Å². The third kappa shape index (κ3) is 2.88. The van der Waals surface area contributed by atoms with Crippen LogP contribution in [0.25, 0.3) is 0 Å². The molecule has 0 aromatic heterocycles. The van der Waals surface area contributed by atoms with E-state index in [2.05, 4.69) is 33.4 Å². The molecule has 0 atom stereocenters. The quantitative estimate of drug-likeness (QED) is 0.879. The molecule has 2 aromatic carbocycles. The Bertz CT molecular complexity index is 615. The molecule has 2 aromatic rings. The molecule has 4 heteroatoms. The van der Waals surface area contributed by atoms with E-state index < -0.39 is 0 Å². The van der Waals surface area contributed by atoms with Crippen LogP contribution in [-0.4, -0.2) is 6.61 Å². The van der Waals surface area contributed by atoms with Crippen LogP contribution in [0.4, 0.5) is 5.69 Å². The highest BCUT2D eigenvalue weighted by Gasteiger charge is 2.11. The van der Waals surface area contributed by atoms with Crippen molar-refractivity contribution in [1.82, 2.24) is 0 Å². The van der Waals surface area contributed by atoms with Crippen LogP contribution in [0.2, 0.25) is 5.02 Å². The van der Waals surface area contributed by atoms with Gasteiger partial charge in [-0.15, -0.1) is 0 Å². The van der Waals surface area contributed by atoms with Gasteiger partial charge in [0.1, 0.15) is 5.75 Å². The first-order chi connectivity index (χ1) is 9.22. The minimum absolute atomic E-state index is 0.715. The van der Waals surface area contributed by atoms with Crippen molar-refractivity contribution >= 4 is 33.2 Å². The lowest BCUT2D eigenvalue weighted by Gasteiger charge is -2.09. The van der Waals surface area contributed by atoms with Gasteiger partial charge in [0.2, 0.25) is 0 Å². The van der Waals surface area contributed by atoms with E-state index in [0.717, 1.165) is 35.5 Å². The van der Waals surface area contributed by atoms with Gasteiger partial charge in [-0.1, -0.05) is 23.7 Å². The summed E-state index contributed by atoms with van der Waals surface area (Å²) < 4.78 is 6.41. The van der Waals surface area contributed by atoms with Crippen molar-refractivity contribution in [3.05, 3.63) is 57.0 Å². The molecule has 2 nitrogen and oxygen atoms in total. The molecule has 0 saturated carbocycles. The molecule has 0 fully saturated rings. The first kappa shape index (κ1) is 12.8. The monoisotopic (exact) mass is 337 g/mol. The lowest BCUT2D eigenvalue weighted by atomic mass is 10.1. The minimum atomic E-state index is 0.715. The number of ether oxygens (including phenoxy) is 1. The van der Waals surface area contributed by atoms with Gasteiger partial charge in [-0.2, -0.15) is 0 Å². The van der Waals surface area contributed by atoms with Crippen LogP contribution in [0.1, 0.15) is 11.1 Å². The van der Waals surface area contributed by atoms with Crippen molar-refractivity contribution in [3.8, 4) is 5.75 Å². The number of rotatable bonds is 3. The molecule has 3 rings (SSSR count). The lowest BCUT2D eigenvalue weighted by Crippen LogP contribution is -1.99. The highest BCUT2D eigenvalue weighted by Crippen LogP contribution is 2.27. The van der Waals surface area contributed by atoms with E-state index in [1.807, 2.05) is 24.3 Å². The summed E-state index contributed by atoms with van der Waals surface area (Å²) >= 11 is 9.45. The van der Waals surface area contributed by atoms with E-state index >= 15 is 0 Å². The van der Waals surface area contributed by atoms with E-state index in [-0.39, 0.29) is 0 Å². The average molecular weight is 339 g/mol. The Morgan fingerprint density at radius 1 is 1.21 bits per heavy atom. The fourth-order valence-corrected chi connectivity index (χ4v) is 2.59. The second-order valence-corrected chi connectivity index (χ2v) is 5.78. The Kier molecular flexibility index (Phi) is 3.67. The van der Waals surface area contributed by atoms with Gasteiger partial charge in [-0.3, -0.25) is 0 Å². The molecule has 0 radical (unpaired) electrons. The van der Waals surface area contributed by atoms with E-state index in [9.17, 15) is 0 Å². The summed E-state index contributed by atoms with van der Waals surface area (Å²) in [5.41, 5.74) is 3.57. The maximum Gasteiger partial charge on any atom is 0.122 e. The molecular weight excluding hydrogens is 326 g/mol. The number of hydrogen-bond donors (Lipinski definition) is 1. The summed E-state index contributed by atoms with van der Waals surface area (Å²) in [6.07, 6.45) is 1.01. The van der Waals surface area contributed by atoms with Gasteiger partial charge in [0.25, 0.3) is 0 Å². The van der Waals surface area contributed by atoms with Crippen LogP contribution in [0.5, 0.6) is 5.75 Å². The molecule has 0 amide bonds. The molecule has 0 bridgehead atoms. The molecule has 1 aliphatic rings. The van der Waals surface area contributed by atoms with Crippen LogP contribution >= 0.6 is 27.5 Å². The largest absolute Gasteiger partial charge is 0.493 e. The van der Waals surface area contributed by atoms with E-state index in [0.29, 0.717) is 5.02 Å². The number of benzene rings is 2. The highest BCUT2D eigenvalue weighted by molar-refractivity contribution is 9.10. The third-order valence-electron chi connectivity index (χ3n) is 3.17. The van der Waals surface area contributed by atoms with Crippen molar-refractivity contribution in [3.63, 3.8) is 0 Å². The van der Waals surface area contributed by atoms with Gasteiger partial charge < -0.3 is 10.1 Å². The number of nitrogens with one attached hydrogen (secondary N) is 1. The summed E-state index contributed by atoms with van der Waals surface area (Å²) in [4.78, 5) is 0. The Morgan fingerprint density at radius 2 is 2.11 bits per heavy atom. The van der Waals surface area contributed by atoms with Crippen LogP contribution < -0.4 is 10.1 Å². The third-order valence-corrected chi connectivity index (χ3v) is 4.40. The van der Waals surface area contributed by atoms with Crippen molar-refractivity contribution in [2.24, 2.45) is 0 Å². The summed E-state index contributed by atoms with van der Waals surface area (Å²) in [7, 11) is 0. The maximum atomic E-state index is 6.07. The second kappa shape index (κ2) is 5.43. The van der Waals surface area contributed by atoms with Gasteiger partial charge in [0.05, 0.1) is 11.6 Å². The molecule has 1 aliphatic heterocycles. The zero-order chi connectivity index (χ0) is 13.2. The summed E-state index contributed by atoms with van der Waals surface area (Å²) in [5, 5.41) is 4.09. The molecule has 0 aliphatic carbocycles. The van der Waals surface area contributed by atoms with Crippen LogP contribution in [0, 0.1) is 0 Å². The van der Waals surface area contributed by atoms with Gasteiger partial charge >= 0.3 is 0 Å². The fourth-order valence-electron chi connectivity index (χ4n) is 2.16. The Labute approximate surface area is 125 Å². The van der Waals surface area contributed by atoms with Gasteiger partial charge in [0, 0.05) is 23.1 Å². The SMILES string of the molecule is Clc1cc(NCc2ccc3c(c2)CCO3)ccc1Br. The second-order valence-electron chi connectivity index (χ2n) is 4.52. The fraction of sp³-hybridized carbons (Fsp3) is 0.200.